The molecule has 3 nitrogen and oxygen atoms in total. The van der Waals surface area contributed by atoms with Crippen molar-refractivity contribution in [2.45, 2.75) is 70.6 Å². The summed E-state index contributed by atoms with van der Waals surface area (Å²) in [7, 11) is 0. The Morgan fingerprint density at radius 1 is 1.04 bits per heavy atom. The molecule has 1 aromatic rings. The van der Waals surface area contributed by atoms with Gasteiger partial charge in [0.15, 0.2) is 0 Å². The van der Waals surface area contributed by atoms with Crippen molar-refractivity contribution in [3.8, 4) is 0 Å². The lowest BCUT2D eigenvalue weighted by atomic mass is 9.85. The van der Waals surface area contributed by atoms with Crippen LogP contribution in [0.3, 0.4) is 0 Å². The Labute approximate surface area is 147 Å². The molecule has 3 rings (SSSR count). The van der Waals surface area contributed by atoms with Gasteiger partial charge in [-0.1, -0.05) is 44.0 Å². The van der Waals surface area contributed by atoms with Crippen LogP contribution in [0.15, 0.2) is 24.3 Å². The summed E-state index contributed by atoms with van der Waals surface area (Å²) in [4.78, 5) is 2.77. The zero-order valence-electron chi connectivity index (χ0n) is 15.2. The van der Waals surface area contributed by atoms with Gasteiger partial charge in [-0.05, 0) is 68.8 Å². The average molecular weight is 331 g/mol. The molecule has 2 unspecified atom stereocenters. The van der Waals surface area contributed by atoms with Gasteiger partial charge in [0.1, 0.15) is 0 Å². The lowest BCUT2D eigenvalue weighted by Crippen LogP contribution is -2.48. The highest BCUT2D eigenvalue weighted by atomic mass is 16.3. The molecule has 24 heavy (non-hydrogen) atoms. The molecule has 2 atom stereocenters. The van der Waals surface area contributed by atoms with Crippen molar-refractivity contribution in [2.75, 3.05) is 19.6 Å². The van der Waals surface area contributed by atoms with E-state index in [0.29, 0.717) is 6.04 Å². The minimum absolute atomic E-state index is 0.136. The lowest BCUT2D eigenvalue weighted by molar-refractivity contribution is 0.101. The summed E-state index contributed by atoms with van der Waals surface area (Å²) in [6, 6.07) is 9.89. The van der Waals surface area contributed by atoms with Gasteiger partial charge in [0, 0.05) is 12.1 Å². The molecule has 3 heteroatoms. The van der Waals surface area contributed by atoms with E-state index >= 15 is 0 Å². The van der Waals surface area contributed by atoms with Crippen molar-refractivity contribution in [2.24, 2.45) is 5.92 Å². The molecule has 1 saturated heterocycles. The quantitative estimate of drug-likeness (QED) is 0.839. The lowest BCUT2D eigenvalue weighted by Gasteiger charge is -2.41. The van der Waals surface area contributed by atoms with Gasteiger partial charge in [-0.15, -0.1) is 0 Å². The summed E-state index contributed by atoms with van der Waals surface area (Å²) < 4.78 is 0. The third-order valence-corrected chi connectivity index (χ3v) is 6.01. The van der Waals surface area contributed by atoms with Crippen LogP contribution in [0.25, 0.3) is 0 Å². The van der Waals surface area contributed by atoms with Crippen LogP contribution in [0.4, 0.5) is 0 Å². The summed E-state index contributed by atoms with van der Waals surface area (Å²) in [5, 5.41) is 12.8. The molecule has 1 aromatic carbocycles. The van der Waals surface area contributed by atoms with Crippen molar-refractivity contribution in [3.05, 3.63) is 35.4 Å². The molecule has 1 aliphatic heterocycles. The third-order valence-electron chi connectivity index (χ3n) is 6.01. The first-order valence-electron chi connectivity index (χ1n) is 9.90. The molecule has 0 bridgehead atoms. The minimum Gasteiger partial charge on any atom is -0.392 e. The first-order chi connectivity index (χ1) is 11.7. The van der Waals surface area contributed by atoms with Crippen LogP contribution in [-0.4, -0.2) is 41.7 Å². The summed E-state index contributed by atoms with van der Waals surface area (Å²) in [6.45, 7) is 6.18. The van der Waals surface area contributed by atoms with Crippen LogP contribution >= 0.6 is 0 Å². The normalized spacial score (nSPS) is 26.6. The molecule has 2 aliphatic rings. The zero-order chi connectivity index (χ0) is 16.8. The van der Waals surface area contributed by atoms with Gasteiger partial charge >= 0.3 is 0 Å². The number of benzene rings is 1. The second-order valence-corrected chi connectivity index (χ2v) is 7.91. The molecule has 1 saturated carbocycles. The van der Waals surface area contributed by atoms with Crippen LogP contribution in [-0.2, 0) is 13.0 Å². The summed E-state index contributed by atoms with van der Waals surface area (Å²) in [5.41, 5.74) is 2.35. The molecule has 1 heterocycles. The van der Waals surface area contributed by atoms with Crippen LogP contribution in [0.1, 0.15) is 56.6 Å². The van der Waals surface area contributed by atoms with E-state index in [1.807, 2.05) is 12.1 Å². The van der Waals surface area contributed by atoms with E-state index in [0.717, 1.165) is 30.5 Å². The molecule has 0 radical (unpaired) electrons. The van der Waals surface area contributed by atoms with Crippen LogP contribution < -0.4 is 5.32 Å². The number of aliphatic hydroxyl groups excluding tert-OH is 1. The highest BCUT2D eigenvalue weighted by Gasteiger charge is 2.27. The molecule has 0 spiro atoms. The second kappa shape index (κ2) is 8.98. The van der Waals surface area contributed by atoms with Gasteiger partial charge in [-0.2, -0.15) is 0 Å². The first-order valence-corrected chi connectivity index (χ1v) is 9.90. The number of hydrogen-bond acceptors (Lipinski definition) is 3. The molecular weight excluding hydrogens is 296 g/mol. The van der Waals surface area contributed by atoms with E-state index in [-0.39, 0.29) is 6.61 Å². The van der Waals surface area contributed by atoms with Crippen LogP contribution in [0.2, 0.25) is 0 Å². The smallest absolute Gasteiger partial charge is 0.0681 e. The summed E-state index contributed by atoms with van der Waals surface area (Å²) >= 11 is 0. The predicted octanol–water partition coefficient (Wildman–Crippen LogP) is 3.35. The number of aliphatic hydroxyl groups is 1. The molecule has 134 valence electrons. The standard InChI is InChI=1S/C21H34N2O/c1-17-3-2-4-21(15-17)23-13-10-20(11-14-23)22-12-9-18-5-7-19(16-24)8-6-18/h5-8,17,20-22,24H,2-4,9-16H2,1H3. The Morgan fingerprint density at radius 3 is 2.42 bits per heavy atom. The highest BCUT2D eigenvalue weighted by molar-refractivity contribution is 5.22. The van der Waals surface area contributed by atoms with E-state index in [1.54, 1.807) is 0 Å². The van der Waals surface area contributed by atoms with Crippen molar-refractivity contribution >= 4 is 0 Å². The van der Waals surface area contributed by atoms with Gasteiger partial charge in [0.05, 0.1) is 6.61 Å². The van der Waals surface area contributed by atoms with Crippen molar-refractivity contribution in [1.82, 2.24) is 10.2 Å². The number of nitrogens with zero attached hydrogens (tertiary/aromatic N) is 1. The average Bonchev–Trinajstić information content (AvgIpc) is 2.63. The monoisotopic (exact) mass is 330 g/mol. The fraction of sp³-hybridized carbons (Fsp3) is 0.714. The SMILES string of the molecule is CC1CCCC(N2CCC(NCCc3ccc(CO)cc3)CC2)C1. The molecule has 2 N–H and O–H groups in total. The number of rotatable bonds is 6. The fourth-order valence-electron chi connectivity index (χ4n) is 4.43. The summed E-state index contributed by atoms with van der Waals surface area (Å²) in [5.74, 6) is 0.928. The van der Waals surface area contributed by atoms with Crippen LogP contribution in [0.5, 0.6) is 0 Å². The number of likely N-dealkylation sites (tertiary alicyclic amines) is 1. The van der Waals surface area contributed by atoms with Gasteiger partial charge in [0.2, 0.25) is 0 Å². The van der Waals surface area contributed by atoms with Gasteiger partial charge in [0.25, 0.3) is 0 Å². The van der Waals surface area contributed by atoms with Gasteiger partial charge < -0.3 is 15.3 Å². The van der Waals surface area contributed by atoms with E-state index < -0.39 is 0 Å². The molecule has 2 fully saturated rings. The maximum atomic E-state index is 9.09. The predicted molar refractivity (Wildman–Crippen MR) is 100 cm³/mol. The maximum Gasteiger partial charge on any atom is 0.0681 e. The molecule has 1 aliphatic carbocycles. The van der Waals surface area contributed by atoms with E-state index in [1.165, 1.54) is 57.2 Å². The highest BCUT2D eigenvalue weighted by Crippen LogP contribution is 2.29. The Balaban J connectivity index is 1.34. The molecule has 0 amide bonds. The Hall–Kier alpha value is -0.900. The van der Waals surface area contributed by atoms with Crippen molar-refractivity contribution in [1.29, 1.82) is 0 Å². The topological polar surface area (TPSA) is 35.5 Å². The third kappa shape index (κ3) is 5.05. The Kier molecular flexibility index (Phi) is 6.70. The van der Waals surface area contributed by atoms with Crippen molar-refractivity contribution in [3.63, 3.8) is 0 Å². The van der Waals surface area contributed by atoms with E-state index in [4.69, 9.17) is 5.11 Å². The largest absolute Gasteiger partial charge is 0.392 e. The summed E-state index contributed by atoms with van der Waals surface area (Å²) in [6.07, 6.45) is 9.38. The van der Waals surface area contributed by atoms with Crippen molar-refractivity contribution < 1.29 is 5.11 Å². The first kappa shape index (κ1) is 17.9. The second-order valence-electron chi connectivity index (χ2n) is 7.91. The molecule has 0 aromatic heterocycles. The van der Waals surface area contributed by atoms with Gasteiger partial charge in [-0.3, -0.25) is 0 Å². The zero-order valence-corrected chi connectivity index (χ0v) is 15.2. The molecular formula is C21H34N2O. The Morgan fingerprint density at radius 2 is 1.75 bits per heavy atom. The van der Waals surface area contributed by atoms with E-state index in [9.17, 15) is 0 Å². The number of nitrogens with one attached hydrogen (secondary N) is 1. The van der Waals surface area contributed by atoms with E-state index in [2.05, 4.69) is 29.3 Å². The number of piperidine rings is 1. The Bertz CT molecular complexity index is 479. The maximum absolute atomic E-state index is 9.09. The minimum atomic E-state index is 0.136. The fourth-order valence-corrected chi connectivity index (χ4v) is 4.43. The number of hydrogen-bond donors (Lipinski definition) is 2. The van der Waals surface area contributed by atoms with Gasteiger partial charge in [-0.25, -0.2) is 0 Å². The van der Waals surface area contributed by atoms with Crippen LogP contribution in [0, 0.1) is 5.92 Å².